The van der Waals surface area contributed by atoms with Crippen molar-refractivity contribution in [2.45, 2.75) is 26.9 Å². The number of nitrogens with zero attached hydrogens (tertiary/aromatic N) is 3. The molecule has 0 bridgehead atoms. The van der Waals surface area contributed by atoms with Gasteiger partial charge in [-0.25, -0.2) is 0 Å². The molecule has 0 amide bonds. The summed E-state index contributed by atoms with van der Waals surface area (Å²) in [6.07, 6.45) is 0. The predicted molar refractivity (Wildman–Crippen MR) is 99.2 cm³/mol. The highest BCUT2D eigenvalue weighted by atomic mass is 15.2. The van der Waals surface area contributed by atoms with Crippen LogP contribution in [0.1, 0.15) is 22.5 Å². The SMILES string of the molecule is Cc1ccc(C[NH2+]Cc2nc(N)nc(Nc3ccccc3C)n2)cc1. The number of rotatable bonds is 6. The highest BCUT2D eigenvalue weighted by Crippen LogP contribution is 2.17. The Hall–Kier alpha value is -2.99. The lowest BCUT2D eigenvalue weighted by molar-refractivity contribution is -0.687. The average Bonchev–Trinajstić information content (AvgIpc) is 2.58. The second-order valence-electron chi connectivity index (χ2n) is 6.06. The Balaban J connectivity index is 1.65. The lowest BCUT2D eigenvalue weighted by Gasteiger charge is -2.09. The highest BCUT2D eigenvalue weighted by Gasteiger charge is 2.07. The third kappa shape index (κ3) is 4.74. The number of aryl methyl sites for hydroxylation is 2. The topological polar surface area (TPSA) is 93.3 Å². The summed E-state index contributed by atoms with van der Waals surface area (Å²) in [5.74, 6) is 1.36. The Bertz CT molecular complexity index is 845. The highest BCUT2D eigenvalue weighted by molar-refractivity contribution is 5.58. The van der Waals surface area contributed by atoms with Crippen molar-refractivity contribution in [1.82, 2.24) is 15.0 Å². The molecule has 6 heteroatoms. The van der Waals surface area contributed by atoms with Gasteiger partial charge in [-0.15, -0.1) is 0 Å². The maximum atomic E-state index is 5.83. The second-order valence-corrected chi connectivity index (χ2v) is 6.06. The summed E-state index contributed by atoms with van der Waals surface area (Å²) in [6, 6.07) is 16.5. The van der Waals surface area contributed by atoms with Gasteiger partial charge in [-0.1, -0.05) is 48.0 Å². The minimum Gasteiger partial charge on any atom is -0.368 e. The zero-order chi connectivity index (χ0) is 17.6. The third-order valence-electron chi connectivity index (χ3n) is 3.92. The molecule has 0 spiro atoms. The number of nitrogens with one attached hydrogen (secondary N) is 1. The van der Waals surface area contributed by atoms with Gasteiger partial charge in [0, 0.05) is 11.3 Å². The molecule has 128 valence electrons. The van der Waals surface area contributed by atoms with Crippen LogP contribution in [0.2, 0.25) is 0 Å². The number of nitrogens with two attached hydrogens (primary N) is 2. The lowest BCUT2D eigenvalue weighted by Crippen LogP contribution is -2.81. The van der Waals surface area contributed by atoms with Crippen LogP contribution < -0.4 is 16.4 Å². The smallest absolute Gasteiger partial charge is 0.232 e. The first kappa shape index (κ1) is 16.9. The van der Waals surface area contributed by atoms with Gasteiger partial charge in [0.1, 0.15) is 13.1 Å². The van der Waals surface area contributed by atoms with Gasteiger partial charge in [-0.2, -0.15) is 15.0 Å². The molecule has 0 saturated heterocycles. The molecule has 1 heterocycles. The lowest BCUT2D eigenvalue weighted by atomic mass is 10.1. The summed E-state index contributed by atoms with van der Waals surface area (Å²) < 4.78 is 0. The number of aromatic nitrogens is 3. The van der Waals surface area contributed by atoms with E-state index in [0.29, 0.717) is 18.3 Å². The van der Waals surface area contributed by atoms with Crippen LogP contribution in [-0.2, 0) is 13.1 Å². The Kier molecular flexibility index (Phi) is 5.20. The number of anilines is 3. The van der Waals surface area contributed by atoms with Crippen LogP contribution in [0.25, 0.3) is 0 Å². The molecule has 0 fully saturated rings. The molecule has 3 rings (SSSR count). The van der Waals surface area contributed by atoms with Gasteiger partial charge in [0.2, 0.25) is 11.9 Å². The van der Waals surface area contributed by atoms with Crippen molar-refractivity contribution < 1.29 is 5.32 Å². The molecule has 0 aliphatic carbocycles. The van der Waals surface area contributed by atoms with E-state index in [0.717, 1.165) is 17.8 Å². The van der Waals surface area contributed by atoms with E-state index in [9.17, 15) is 0 Å². The van der Waals surface area contributed by atoms with E-state index in [2.05, 4.69) is 56.8 Å². The molecule has 0 atom stereocenters. The van der Waals surface area contributed by atoms with Crippen LogP contribution in [0.3, 0.4) is 0 Å². The molecule has 0 aliphatic heterocycles. The first-order chi connectivity index (χ1) is 12.1. The van der Waals surface area contributed by atoms with Gasteiger partial charge in [-0.3, -0.25) is 0 Å². The maximum Gasteiger partial charge on any atom is 0.232 e. The van der Waals surface area contributed by atoms with Crippen LogP contribution in [0.15, 0.2) is 48.5 Å². The number of para-hydroxylation sites is 1. The van der Waals surface area contributed by atoms with Crippen LogP contribution in [0.5, 0.6) is 0 Å². The molecular weight excluding hydrogens is 312 g/mol. The van der Waals surface area contributed by atoms with Gasteiger partial charge in [0.25, 0.3) is 0 Å². The van der Waals surface area contributed by atoms with Crippen molar-refractivity contribution in [2.75, 3.05) is 11.1 Å². The largest absolute Gasteiger partial charge is 0.368 e. The van der Waals surface area contributed by atoms with Gasteiger partial charge >= 0.3 is 0 Å². The third-order valence-corrected chi connectivity index (χ3v) is 3.92. The molecule has 3 aromatic rings. The summed E-state index contributed by atoms with van der Waals surface area (Å²) in [6.45, 7) is 5.63. The van der Waals surface area contributed by atoms with Crippen LogP contribution >= 0.6 is 0 Å². The zero-order valence-electron chi connectivity index (χ0n) is 14.5. The molecule has 5 N–H and O–H groups in total. The van der Waals surface area contributed by atoms with Crippen molar-refractivity contribution in [2.24, 2.45) is 0 Å². The first-order valence-electron chi connectivity index (χ1n) is 8.30. The molecule has 1 aromatic heterocycles. The van der Waals surface area contributed by atoms with Crippen LogP contribution in [0, 0.1) is 13.8 Å². The molecule has 6 nitrogen and oxygen atoms in total. The number of benzene rings is 2. The molecule has 0 radical (unpaired) electrons. The van der Waals surface area contributed by atoms with Gasteiger partial charge in [0.15, 0.2) is 5.82 Å². The number of nitrogen functional groups attached to an aromatic ring is 1. The number of hydrogen-bond donors (Lipinski definition) is 3. The van der Waals surface area contributed by atoms with Crippen molar-refractivity contribution in [3.63, 3.8) is 0 Å². The van der Waals surface area contributed by atoms with E-state index in [1.807, 2.05) is 31.2 Å². The molecule has 0 saturated carbocycles. The summed E-state index contributed by atoms with van der Waals surface area (Å²) in [5.41, 5.74) is 10.4. The Morgan fingerprint density at radius 3 is 2.44 bits per heavy atom. The Labute approximate surface area is 147 Å². The normalized spacial score (nSPS) is 10.6. The molecule has 0 unspecified atom stereocenters. The summed E-state index contributed by atoms with van der Waals surface area (Å²) in [7, 11) is 0. The molecule has 0 aliphatic rings. The quantitative estimate of drug-likeness (QED) is 0.641. The zero-order valence-corrected chi connectivity index (χ0v) is 14.5. The summed E-state index contributed by atoms with van der Waals surface area (Å²) in [4.78, 5) is 12.9. The van der Waals surface area contributed by atoms with E-state index in [1.54, 1.807) is 0 Å². The standard InChI is InChI=1S/C19H22N6/c1-13-7-9-15(10-8-13)11-21-12-17-23-18(20)25-19(24-17)22-16-6-4-3-5-14(16)2/h3-10,21H,11-12H2,1-2H3,(H3,20,22,23,24,25)/p+1. The van der Waals surface area contributed by atoms with Crippen LogP contribution in [0.4, 0.5) is 17.6 Å². The average molecular weight is 335 g/mol. The summed E-state index contributed by atoms with van der Waals surface area (Å²) in [5, 5.41) is 5.36. The van der Waals surface area contributed by atoms with E-state index < -0.39 is 0 Å². The fourth-order valence-corrected chi connectivity index (χ4v) is 2.51. The number of quaternary nitrogens is 1. The molecule has 25 heavy (non-hydrogen) atoms. The van der Waals surface area contributed by atoms with E-state index in [-0.39, 0.29) is 5.95 Å². The fraction of sp³-hybridized carbons (Fsp3) is 0.211. The summed E-state index contributed by atoms with van der Waals surface area (Å²) >= 11 is 0. The van der Waals surface area contributed by atoms with Crippen molar-refractivity contribution >= 4 is 17.6 Å². The predicted octanol–water partition coefficient (Wildman–Crippen LogP) is 2.08. The number of hydrogen-bond acceptors (Lipinski definition) is 5. The van der Waals surface area contributed by atoms with Crippen molar-refractivity contribution in [3.8, 4) is 0 Å². The van der Waals surface area contributed by atoms with Crippen molar-refractivity contribution in [3.05, 3.63) is 71.0 Å². The maximum absolute atomic E-state index is 5.83. The van der Waals surface area contributed by atoms with E-state index in [4.69, 9.17) is 5.73 Å². The van der Waals surface area contributed by atoms with Crippen molar-refractivity contribution in [1.29, 1.82) is 0 Å². The van der Waals surface area contributed by atoms with Gasteiger partial charge in [-0.05, 0) is 25.5 Å². The van der Waals surface area contributed by atoms with Crippen LogP contribution in [-0.4, -0.2) is 15.0 Å². The minimum absolute atomic E-state index is 0.227. The molecule has 2 aromatic carbocycles. The monoisotopic (exact) mass is 335 g/mol. The Morgan fingerprint density at radius 1 is 0.920 bits per heavy atom. The fourth-order valence-electron chi connectivity index (χ4n) is 2.51. The van der Waals surface area contributed by atoms with E-state index >= 15 is 0 Å². The Morgan fingerprint density at radius 2 is 1.68 bits per heavy atom. The first-order valence-corrected chi connectivity index (χ1v) is 8.30. The second kappa shape index (κ2) is 7.72. The van der Waals surface area contributed by atoms with Gasteiger partial charge in [0.05, 0.1) is 0 Å². The molecular formula is C19H23N6+. The minimum atomic E-state index is 0.227. The van der Waals surface area contributed by atoms with E-state index in [1.165, 1.54) is 11.1 Å². The van der Waals surface area contributed by atoms with Gasteiger partial charge < -0.3 is 16.4 Å².